The summed E-state index contributed by atoms with van der Waals surface area (Å²) in [6.45, 7) is 0.449. The molecule has 0 radical (unpaired) electrons. The minimum absolute atomic E-state index is 0.449. The zero-order valence-corrected chi connectivity index (χ0v) is 16.1. The van der Waals surface area contributed by atoms with Crippen LogP contribution in [0.1, 0.15) is 17.5 Å². The first-order valence-corrected chi connectivity index (χ1v) is 10.3. The maximum atomic E-state index is 11.2. The summed E-state index contributed by atoms with van der Waals surface area (Å²) in [7, 11) is 0. The topological polar surface area (TPSA) is 70.9 Å². The van der Waals surface area contributed by atoms with Crippen LogP contribution in [-0.4, -0.2) is 32.2 Å². The second-order valence-electron chi connectivity index (χ2n) is 7.27. The molecule has 0 saturated heterocycles. The molecule has 5 nitrogen and oxygen atoms in total. The van der Waals surface area contributed by atoms with E-state index in [9.17, 15) is 5.11 Å². The molecule has 3 aromatic heterocycles. The fraction of sp³-hybridized carbons (Fsp3) is 0.227. The fourth-order valence-electron chi connectivity index (χ4n) is 3.78. The molecule has 0 amide bonds. The maximum absolute atomic E-state index is 11.2. The van der Waals surface area contributed by atoms with E-state index in [1.165, 1.54) is 11.1 Å². The molecule has 1 atom stereocenters. The Labute approximate surface area is 167 Å². The molecule has 1 aromatic carbocycles. The van der Waals surface area contributed by atoms with E-state index in [4.69, 9.17) is 4.98 Å². The van der Waals surface area contributed by atoms with Crippen molar-refractivity contribution in [3.05, 3.63) is 71.2 Å². The van der Waals surface area contributed by atoms with Crippen LogP contribution >= 0.6 is 11.3 Å². The average Bonchev–Trinajstić information content (AvgIpc) is 3.21. The molecule has 0 spiro atoms. The number of aryl methyl sites for hydroxylation is 1. The van der Waals surface area contributed by atoms with Gasteiger partial charge in [-0.25, -0.2) is 9.97 Å². The quantitative estimate of drug-likeness (QED) is 0.551. The molecule has 1 unspecified atom stereocenters. The summed E-state index contributed by atoms with van der Waals surface area (Å²) in [6.07, 6.45) is 4.03. The number of thiophene rings is 1. The van der Waals surface area contributed by atoms with E-state index in [0.717, 1.165) is 34.6 Å². The zero-order chi connectivity index (χ0) is 19.0. The SMILES string of the molecule is OC1(CNc2nc(-c3ccccn3)nc3sccc23)CCc2ccccc2C1. The van der Waals surface area contributed by atoms with Crippen molar-refractivity contribution in [1.29, 1.82) is 0 Å². The Hall–Kier alpha value is -2.83. The van der Waals surface area contributed by atoms with Gasteiger partial charge in [0.05, 0.1) is 11.0 Å². The molecule has 3 heterocycles. The van der Waals surface area contributed by atoms with Gasteiger partial charge in [0.2, 0.25) is 0 Å². The number of benzene rings is 1. The summed E-state index contributed by atoms with van der Waals surface area (Å²) in [4.78, 5) is 14.7. The zero-order valence-electron chi connectivity index (χ0n) is 15.3. The summed E-state index contributed by atoms with van der Waals surface area (Å²) in [5.74, 6) is 1.35. The van der Waals surface area contributed by atoms with Crippen LogP contribution in [0.4, 0.5) is 5.82 Å². The number of fused-ring (bicyclic) bond motifs is 2. The van der Waals surface area contributed by atoms with Crippen LogP contribution in [0.3, 0.4) is 0 Å². The summed E-state index contributed by atoms with van der Waals surface area (Å²) >= 11 is 1.58. The van der Waals surface area contributed by atoms with Crippen LogP contribution in [0.2, 0.25) is 0 Å². The molecule has 6 heteroatoms. The van der Waals surface area contributed by atoms with Crippen molar-refractivity contribution < 1.29 is 5.11 Å². The third-order valence-electron chi connectivity index (χ3n) is 5.30. The third kappa shape index (κ3) is 3.25. The predicted molar refractivity (Wildman–Crippen MR) is 113 cm³/mol. The molecule has 2 N–H and O–H groups in total. The van der Waals surface area contributed by atoms with Crippen molar-refractivity contribution in [2.75, 3.05) is 11.9 Å². The largest absolute Gasteiger partial charge is 0.388 e. The number of aliphatic hydroxyl groups is 1. The van der Waals surface area contributed by atoms with E-state index in [0.29, 0.717) is 18.8 Å². The molecular weight excluding hydrogens is 368 g/mol. The Morgan fingerprint density at radius 1 is 1.04 bits per heavy atom. The van der Waals surface area contributed by atoms with E-state index in [2.05, 4.69) is 33.5 Å². The molecule has 1 aliphatic rings. The minimum atomic E-state index is -0.785. The maximum Gasteiger partial charge on any atom is 0.181 e. The fourth-order valence-corrected chi connectivity index (χ4v) is 4.55. The van der Waals surface area contributed by atoms with Gasteiger partial charge in [-0.2, -0.15) is 0 Å². The van der Waals surface area contributed by atoms with Gasteiger partial charge in [0.1, 0.15) is 16.3 Å². The summed E-state index contributed by atoms with van der Waals surface area (Å²) < 4.78 is 0. The second kappa shape index (κ2) is 6.96. The van der Waals surface area contributed by atoms with Crippen LogP contribution in [0, 0.1) is 0 Å². The molecule has 0 saturated carbocycles. The van der Waals surface area contributed by atoms with Gasteiger partial charge in [-0.15, -0.1) is 11.3 Å². The van der Waals surface area contributed by atoms with Crippen LogP contribution in [-0.2, 0) is 12.8 Å². The first-order valence-electron chi connectivity index (χ1n) is 9.40. The van der Waals surface area contributed by atoms with Gasteiger partial charge in [-0.3, -0.25) is 4.98 Å². The van der Waals surface area contributed by atoms with Gasteiger partial charge < -0.3 is 10.4 Å². The van der Waals surface area contributed by atoms with Crippen molar-refractivity contribution in [2.24, 2.45) is 0 Å². The number of nitrogens with one attached hydrogen (secondary N) is 1. The van der Waals surface area contributed by atoms with Crippen molar-refractivity contribution in [3.8, 4) is 11.5 Å². The Morgan fingerprint density at radius 3 is 2.75 bits per heavy atom. The monoisotopic (exact) mass is 388 g/mol. The van der Waals surface area contributed by atoms with Gasteiger partial charge in [0, 0.05) is 19.2 Å². The molecule has 28 heavy (non-hydrogen) atoms. The molecule has 0 aliphatic heterocycles. The van der Waals surface area contributed by atoms with E-state index in [1.807, 2.05) is 35.7 Å². The lowest BCUT2D eigenvalue weighted by molar-refractivity contribution is 0.0395. The molecule has 0 bridgehead atoms. The number of anilines is 1. The highest BCUT2D eigenvalue weighted by Gasteiger charge is 2.32. The van der Waals surface area contributed by atoms with E-state index < -0.39 is 5.60 Å². The predicted octanol–water partition coefficient (Wildman–Crippen LogP) is 4.09. The highest BCUT2D eigenvalue weighted by Crippen LogP contribution is 2.31. The number of rotatable bonds is 4. The Bertz CT molecular complexity index is 1130. The lowest BCUT2D eigenvalue weighted by Crippen LogP contribution is -2.42. The standard InChI is InChI=1S/C22H20N4OS/c27-22(10-8-15-5-1-2-6-16(15)13-22)14-24-19-17-9-12-28-21(17)26-20(25-19)18-7-3-4-11-23-18/h1-7,9,11-12,27H,8,10,13-14H2,(H,24,25,26). The number of hydrogen-bond acceptors (Lipinski definition) is 6. The summed E-state index contributed by atoms with van der Waals surface area (Å²) in [5.41, 5.74) is 2.53. The first-order chi connectivity index (χ1) is 13.7. The minimum Gasteiger partial charge on any atom is -0.388 e. The van der Waals surface area contributed by atoms with Crippen molar-refractivity contribution >= 4 is 27.4 Å². The smallest absolute Gasteiger partial charge is 0.181 e. The Morgan fingerprint density at radius 2 is 1.89 bits per heavy atom. The first kappa shape index (κ1) is 17.3. The Kier molecular flexibility index (Phi) is 4.30. The highest BCUT2D eigenvalue weighted by atomic mass is 32.1. The molecule has 140 valence electrons. The molecule has 4 aromatic rings. The van der Waals surface area contributed by atoms with Gasteiger partial charge >= 0.3 is 0 Å². The summed E-state index contributed by atoms with van der Waals surface area (Å²) in [6, 6.07) is 16.1. The summed E-state index contributed by atoms with van der Waals surface area (Å²) in [5, 5.41) is 17.6. The molecule has 1 aliphatic carbocycles. The molecule has 5 rings (SSSR count). The lowest BCUT2D eigenvalue weighted by atomic mass is 9.80. The van der Waals surface area contributed by atoms with E-state index in [-0.39, 0.29) is 0 Å². The lowest BCUT2D eigenvalue weighted by Gasteiger charge is -2.34. The number of aromatic nitrogens is 3. The van der Waals surface area contributed by atoms with Crippen LogP contribution < -0.4 is 5.32 Å². The third-order valence-corrected chi connectivity index (χ3v) is 6.11. The Balaban J connectivity index is 1.43. The van der Waals surface area contributed by atoms with Crippen LogP contribution in [0.15, 0.2) is 60.1 Å². The molecule has 0 fully saturated rings. The van der Waals surface area contributed by atoms with Crippen LogP contribution in [0.25, 0.3) is 21.7 Å². The van der Waals surface area contributed by atoms with Gasteiger partial charge in [-0.1, -0.05) is 30.3 Å². The van der Waals surface area contributed by atoms with Gasteiger partial charge in [-0.05, 0) is 47.5 Å². The molecular formula is C22H20N4OS. The van der Waals surface area contributed by atoms with Crippen molar-refractivity contribution in [2.45, 2.75) is 24.9 Å². The van der Waals surface area contributed by atoms with Crippen molar-refractivity contribution in [3.63, 3.8) is 0 Å². The normalized spacial score (nSPS) is 18.8. The van der Waals surface area contributed by atoms with E-state index >= 15 is 0 Å². The van der Waals surface area contributed by atoms with Gasteiger partial charge in [0.25, 0.3) is 0 Å². The van der Waals surface area contributed by atoms with Crippen LogP contribution in [0.5, 0.6) is 0 Å². The number of pyridine rings is 1. The number of nitrogens with zero attached hydrogens (tertiary/aromatic N) is 3. The van der Waals surface area contributed by atoms with Crippen molar-refractivity contribution in [1.82, 2.24) is 15.0 Å². The highest BCUT2D eigenvalue weighted by molar-refractivity contribution is 7.16. The number of hydrogen-bond donors (Lipinski definition) is 2. The van der Waals surface area contributed by atoms with Gasteiger partial charge in [0.15, 0.2) is 5.82 Å². The van der Waals surface area contributed by atoms with E-state index in [1.54, 1.807) is 17.5 Å². The average molecular weight is 388 g/mol. The second-order valence-corrected chi connectivity index (χ2v) is 8.17.